The fourth-order valence-electron chi connectivity index (χ4n) is 6.93. The summed E-state index contributed by atoms with van der Waals surface area (Å²) < 4.78 is 0. The summed E-state index contributed by atoms with van der Waals surface area (Å²) >= 11 is 0. The first-order valence-corrected chi connectivity index (χ1v) is 16.8. The molecule has 0 heterocycles. The van der Waals surface area contributed by atoms with Gasteiger partial charge in [0.05, 0.1) is 0 Å². The van der Waals surface area contributed by atoms with Crippen molar-refractivity contribution in [1.82, 2.24) is 9.80 Å². The van der Waals surface area contributed by atoms with E-state index >= 15 is 0 Å². The number of nitrogens with zero attached hydrogens (tertiary/aromatic N) is 2. The van der Waals surface area contributed by atoms with Crippen molar-refractivity contribution in [3.63, 3.8) is 0 Å². The molecule has 4 amide bonds. The van der Waals surface area contributed by atoms with Crippen molar-refractivity contribution in [2.24, 2.45) is 0 Å². The first kappa shape index (κ1) is 31.6. The molecule has 5 rings (SSSR count). The van der Waals surface area contributed by atoms with E-state index in [0.717, 1.165) is 85.0 Å². The third kappa shape index (κ3) is 9.10. The second-order valence-electron chi connectivity index (χ2n) is 13.0. The molecule has 0 bridgehead atoms. The number of amides is 4. The lowest BCUT2D eigenvalue weighted by Gasteiger charge is -2.33. The number of benzene rings is 3. The molecule has 0 radical (unpaired) electrons. The molecule has 2 N–H and O–H groups in total. The third-order valence-electron chi connectivity index (χ3n) is 9.29. The zero-order valence-electron chi connectivity index (χ0n) is 26.7. The summed E-state index contributed by atoms with van der Waals surface area (Å²) in [6.07, 6.45) is 13.7. The standard InChI is InChI=1S/C38H50N4O2/c1-29-14-11-18-33(24-29)39-37(43)41(35-20-7-3-4-8-21-35)27-31-16-13-17-32(26-31)28-42(36-22-9-5-6-10-23-36)38(44)40-34-19-12-15-30(2)25-34/h11-19,24-26,35-36H,3-10,20-23,27-28H2,1-2H3,(H,39,43)(H,40,44). The van der Waals surface area contributed by atoms with E-state index in [2.05, 4.69) is 44.7 Å². The molecule has 6 nitrogen and oxygen atoms in total. The average molecular weight is 595 g/mol. The molecule has 2 fully saturated rings. The SMILES string of the molecule is Cc1cccc(NC(=O)N(Cc2cccc(CN(C(=O)Nc3cccc(C)c3)C3CCCCCC3)c2)C2CCCCCC2)c1. The molecular formula is C38H50N4O2. The van der Waals surface area contributed by atoms with E-state index in [1.807, 2.05) is 62.4 Å². The Morgan fingerprint density at radius 2 is 0.955 bits per heavy atom. The maximum atomic E-state index is 13.8. The second-order valence-corrected chi connectivity index (χ2v) is 13.0. The van der Waals surface area contributed by atoms with Crippen molar-refractivity contribution in [2.75, 3.05) is 10.6 Å². The summed E-state index contributed by atoms with van der Waals surface area (Å²) in [5.41, 5.74) is 6.13. The van der Waals surface area contributed by atoms with Crippen LogP contribution >= 0.6 is 0 Å². The van der Waals surface area contributed by atoms with Gasteiger partial charge in [-0.2, -0.15) is 0 Å². The van der Waals surface area contributed by atoms with Crippen LogP contribution in [0.4, 0.5) is 21.0 Å². The van der Waals surface area contributed by atoms with E-state index in [-0.39, 0.29) is 24.1 Å². The van der Waals surface area contributed by atoms with Crippen LogP contribution in [0.15, 0.2) is 72.8 Å². The molecule has 6 heteroatoms. The van der Waals surface area contributed by atoms with Crippen LogP contribution in [0.2, 0.25) is 0 Å². The number of hydrogen-bond donors (Lipinski definition) is 2. The molecule has 0 unspecified atom stereocenters. The molecule has 234 valence electrons. The first-order chi connectivity index (χ1) is 21.4. The Kier molecular flexibility index (Phi) is 11.3. The first-order valence-electron chi connectivity index (χ1n) is 16.8. The summed E-state index contributed by atoms with van der Waals surface area (Å²) in [5, 5.41) is 6.37. The van der Waals surface area contributed by atoms with Crippen molar-refractivity contribution in [1.29, 1.82) is 0 Å². The quantitative estimate of drug-likeness (QED) is 0.255. The molecular weight excluding hydrogens is 544 g/mol. The van der Waals surface area contributed by atoms with Gasteiger partial charge >= 0.3 is 12.1 Å². The Balaban J connectivity index is 1.35. The highest BCUT2D eigenvalue weighted by Crippen LogP contribution is 2.27. The van der Waals surface area contributed by atoms with E-state index in [4.69, 9.17) is 0 Å². The number of nitrogens with one attached hydrogen (secondary N) is 2. The van der Waals surface area contributed by atoms with Crippen LogP contribution in [0, 0.1) is 13.8 Å². The highest BCUT2D eigenvalue weighted by Gasteiger charge is 2.27. The topological polar surface area (TPSA) is 64.7 Å². The van der Waals surface area contributed by atoms with Gasteiger partial charge in [0.15, 0.2) is 0 Å². The minimum atomic E-state index is -0.0366. The van der Waals surface area contributed by atoms with Gasteiger partial charge in [-0.1, -0.05) is 99.9 Å². The molecule has 0 aliphatic heterocycles. The van der Waals surface area contributed by atoms with Gasteiger partial charge < -0.3 is 20.4 Å². The van der Waals surface area contributed by atoms with Crippen molar-refractivity contribution < 1.29 is 9.59 Å². The summed E-state index contributed by atoms with van der Waals surface area (Å²) in [7, 11) is 0. The fraction of sp³-hybridized carbons (Fsp3) is 0.474. The van der Waals surface area contributed by atoms with Gasteiger partial charge in [-0.25, -0.2) is 9.59 Å². The maximum absolute atomic E-state index is 13.8. The minimum absolute atomic E-state index is 0.0366. The second kappa shape index (κ2) is 15.8. The summed E-state index contributed by atoms with van der Waals surface area (Å²) in [6, 6.07) is 24.9. The Hall–Kier alpha value is -3.80. The number of hydrogen-bond acceptors (Lipinski definition) is 2. The largest absolute Gasteiger partial charge is 0.322 e. The Bertz CT molecular complexity index is 1270. The van der Waals surface area contributed by atoms with E-state index < -0.39 is 0 Å². The van der Waals surface area contributed by atoms with Gasteiger partial charge in [0.25, 0.3) is 0 Å². The van der Waals surface area contributed by atoms with Crippen molar-refractivity contribution in [3.8, 4) is 0 Å². The molecule has 0 saturated heterocycles. The predicted molar refractivity (Wildman–Crippen MR) is 181 cm³/mol. The molecule has 3 aromatic carbocycles. The number of aryl methyl sites for hydroxylation is 2. The molecule has 3 aromatic rings. The maximum Gasteiger partial charge on any atom is 0.322 e. The highest BCUT2D eigenvalue weighted by atomic mass is 16.2. The molecule has 44 heavy (non-hydrogen) atoms. The molecule has 0 aromatic heterocycles. The zero-order valence-corrected chi connectivity index (χ0v) is 26.7. The van der Waals surface area contributed by atoms with Crippen LogP contribution in [0.1, 0.15) is 99.3 Å². The molecule has 0 spiro atoms. The van der Waals surface area contributed by atoms with Gasteiger partial charge in [0, 0.05) is 36.5 Å². The van der Waals surface area contributed by atoms with Crippen LogP contribution in [-0.2, 0) is 13.1 Å². The highest BCUT2D eigenvalue weighted by molar-refractivity contribution is 5.90. The van der Waals surface area contributed by atoms with E-state index in [0.29, 0.717) is 13.1 Å². The molecule has 2 aliphatic carbocycles. The van der Waals surface area contributed by atoms with Gasteiger partial charge in [-0.3, -0.25) is 0 Å². The summed E-state index contributed by atoms with van der Waals surface area (Å²) in [4.78, 5) is 31.7. The van der Waals surface area contributed by atoms with Gasteiger partial charge in [-0.15, -0.1) is 0 Å². The lowest BCUT2D eigenvalue weighted by Crippen LogP contribution is -2.43. The number of carbonyl (C=O) groups excluding carboxylic acids is 2. The third-order valence-corrected chi connectivity index (χ3v) is 9.29. The minimum Gasteiger partial charge on any atom is -0.317 e. The normalized spacial score (nSPS) is 16.4. The lowest BCUT2D eigenvalue weighted by molar-refractivity contribution is 0.174. The van der Waals surface area contributed by atoms with Crippen LogP contribution in [0.25, 0.3) is 0 Å². The Labute approximate surface area is 264 Å². The lowest BCUT2D eigenvalue weighted by atomic mass is 10.0. The summed E-state index contributed by atoms with van der Waals surface area (Å²) in [5.74, 6) is 0. The van der Waals surface area contributed by atoms with Crippen molar-refractivity contribution in [3.05, 3.63) is 95.1 Å². The fourth-order valence-corrected chi connectivity index (χ4v) is 6.93. The monoisotopic (exact) mass is 594 g/mol. The average Bonchev–Trinajstić information content (AvgIpc) is 3.45. The van der Waals surface area contributed by atoms with Crippen LogP contribution in [-0.4, -0.2) is 33.9 Å². The van der Waals surface area contributed by atoms with Crippen LogP contribution < -0.4 is 10.6 Å². The Morgan fingerprint density at radius 3 is 1.34 bits per heavy atom. The van der Waals surface area contributed by atoms with E-state index in [1.54, 1.807) is 0 Å². The van der Waals surface area contributed by atoms with Gasteiger partial charge in [0.2, 0.25) is 0 Å². The Morgan fingerprint density at radius 1 is 0.568 bits per heavy atom. The van der Waals surface area contributed by atoms with E-state index in [1.165, 1.54) is 25.7 Å². The van der Waals surface area contributed by atoms with Gasteiger partial charge in [-0.05, 0) is 86.1 Å². The predicted octanol–water partition coefficient (Wildman–Crippen LogP) is 9.82. The van der Waals surface area contributed by atoms with Crippen molar-refractivity contribution >= 4 is 23.4 Å². The number of anilines is 2. The van der Waals surface area contributed by atoms with E-state index in [9.17, 15) is 9.59 Å². The number of carbonyl (C=O) groups is 2. The zero-order chi connectivity index (χ0) is 30.7. The van der Waals surface area contributed by atoms with Crippen molar-refractivity contribution in [2.45, 2.75) is 116 Å². The summed E-state index contributed by atoms with van der Waals surface area (Å²) in [6.45, 7) is 5.19. The van der Waals surface area contributed by atoms with Gasteiger partial charge in [0.1, 0.15) is 0 Å². The van der Waals surface area contributed by atoms with Crippen LogP contribution in [0.3, 0.4) is 0 Å². The molecule has 2 saturated carbocycles. The smallest absolute Gasteiger partial charge is 0.317 e. The number of rotatable bonds is 8. The van der Waals surface area contributed by atoms with Crippen LogP contribution in [0.5, 0.6) is 0 Å². The number of urea groups is 2. The molecule has 0 atom stereocenters. The molecule has 2 aliphatic rings.